The average molecular weight is 285 g/mol. The molecule has 0 amide bonds. The van der Waals surface area contributed by atoms with Crippen molar-refractivity contribution in [1.29, 1.82) is 0 Å². The summed E-state index contributed by atoms with van der Waals surface area (Å²) in [7, 11) is 0.225. The Morgan fingerprint density at radius 3 is 2.47 bits per heavy atom. The van der Waals surface area contributed by atoms with Crippen LogP contribution >= 0.6 is 0 Å². The van der Waals surface area contributed by atoms with E-state index in [-0.39, 0.29) is 11.5 Å². The Morgan fingerprint density at radius 1 is 1.37 bits per heavy atom. The van der Waals surface area contributed by atoms with Gasteiger partial charge in [0.15, 0.2) is 5.78 Å². The summed E-state index contributed by atoms with van der Waals surface area (Å²) in [6.07, 6.45) is 1.19. The SMILES string of the molecule is COc1cccc(N(C)CCS(C)(=O)=O)c1C(C)=O. The van der Waals surface area contributed by atoms with Gasteiger partial charge in [-0.25, -0.2) is 8.42 Å². The number of nitrogens with zero attached hydrogens (tertiary/aromatic N) is 1. The minimum absolute atomic E-state index is 0.0397. The molecule has 0 unspecified atom stereocenters. The molecule has 106 valence electrons. The van der Waals surface area contributed by atoms with E-state index in [1.54, 1.807) is 30.1 Å². The Morgan fingerprint density at radius 2 is 2.00 bits per heavy atom. The summed E-state index contributed by atoms with van der Waals surface area (Å²) in [5.74, 6) is 0.424. The van der Waals surface area contributed by atoms with Crippen molar-refractivity contribution in [2.75, 3.05) is 37.6 Å². The molecule has 0 heterocycles. The highest BCUT2D eigenvalue weighted by molar-refractivity contribution is 7.90. The molecule has 0 saturated heterocycles. The monoisotopic (exact) mass is 285 g/mol. The smallest absolute Gasteiger partial charge is 0.165 e. The number of benzene rings is 1. The number of methoxy groups -OCH3 is 1. The normalized spacial score (nSPS) is 11.2. The van der Waals surface area contributed by atoms with Crippen molar-refractivity contribution in [2.45, 2.75) is 6.92 Å². The number of anilines is 1. The average Bonchev–Trinajstić information content (AvgIpc) is 2.33. The van der Waals surface area contributed by atoms with Crippen molar-refractivity contribution >= 4 is 21.3 Å². The number of hydrogen-bond donors (Lipinski definition) is 0. The van der Waals surface area contributed by atoms with Crippen LogP contribution in [0, 0.1) is 0 Å². The molecule has 0 saturated carbocycles. The molecule has 6 heteroatoms. The molecule has 0 aliphatic carbocycles. The first-order valence-electron chi connectivity index (χ1n) is 5.83. The highest BCUT2D eigenvalue weighted by Gasteiger charge is 2.17. The van der Waals surface area contributed by atoms with Gasteiger partial charge in [0.2, 0.25) is 0 Å². The molecule has 0 fully saturated rings. The number of carbonyl (C=O) groups is 1. The summed E-state index contributed by atoms with van der Waals surface area (Å²) in [4.78, 5) is 13.5. The van der Waals surface area contributed by atoms with Gasteiger partial charge in [0.25, 0.3) is 0 Å². The van der Waals surface area contributed by atoms with Gasteiger partial charge < -0.3 is 9.64 Å². The van der Waals surface area contributed by atoms with Crippen molar-refractivity contribution in [3.8, 4) is 5.75 Å². The molecule has 5 nitrogen and oxygen atoms in total. The second-order valence-corrected chi connectivity index (χ2v) is 6.72. The lowest BCUT2D eigenvalue weighted by Gasteiger charge is -2.22. The topological polar surface area (TPSA) is 63.7 Å². The maximum absolute atomic E-state index is 11.7. The second kappa shape index (κ2) is 6.06. The lowest BCUT2D eigenvalue weighted by atomic mass is 10.1. The Labute approximate surface area is 114 Å². The minimum Gasteiger partial charge on any atom is -0.496 e. The molecular formula is C13H19NO4S. The molecule has 0 bridgehead atoms. The lowest BCUT2D eigenvalue weighted by molar-refractivity contribution is 0.101. The fourth-order valence-corrected chi connectivity index (χ4v) is 2.39. The summed E-state index contributed by atoms with van der Waals surface area (Å²) in [5, 5.41) is 0. The molecule has 1 aromatic rings. The number of sulfone groups is 1. The molecule has 19 heavy (non-hydrogen) atoms. The Balaban J connectivity index is 3.09. The first-order valence-corrected chi connectivity index (χ1v) is 7.89. The summed E-state index contributed by atoms with van der Waals surface area (Å²) >= 11 is 0. The first kappa shape index (κ1) is 15.5. The molecular weight excluding hydrogens is 266 g/mol. The van der Waals surface area contributed by atoms with Crippen molar-refractivity contribution in [3.63, 3.8) is 0 Å². The third kappa shape index (κ3) is 4.24. The van der Waals surface area contributed by atoms with Gasteiger partial charge in [0, 0.05) is 19.8 Å². The van der Waals surface area contributed by atoms with Crippen molar-refractivity contribution in [1.82, 2.24) is 0 Å². The fourth-order valence-electron chi connectivity index (χ4n) is 1.78. The Hall–Kier alpha value is -1.56. The zero-order valence-electron chi connectivity index (χ0n) is 11.6. The van der Waals surface area contributed by atoms with Crippen LogP contribution in [0.1, 0.15) is 17.3 Å². The third-order valence-corrected chi connectivity index (χ3v) is 3.71. The maximum atomic E-state index is 11.7. The van der Waals surface area contributed by atoms with Gasteiger partial charge in [0.05, 0.1) is 24.1 Å². The van der Waals surface area contributed by atoms with E-state index in [1.165, 1.54) is 20.3 Å². The molecule has 0 N–H and O–H groups in total. The van der Waals surface area contributed by atoms with E-state index in [9.17, 15) is 13.2 Å². The van der Waals surface area contributed by atoms with E-state index in [0.717, 1.165) is 0 Å². The van der Waals surface area contributed by atoms with E-state index in [4.69, 9.17) is 4.74 Å². The van der Waals surface area contributed by atoms with E-state index in [0.29, 0.717) is 23.5 Å². The minimum atomic E-state index is -3.03. The number of Topliss-reactive ketones (excluding diaryl/α,β-unsaturated/α-hetero) is 1. The number of ether oxygens (including phenoxy) is 1. The van der Waals surface area contributed by atoms with E-state index >= 15 is 0 Å². The summed E-state index contributed by atoms with van der Waals surface area (Å²) in [5.41, 5.74) is 1.15. The second-order valence-electron chi connectivity index (χ2n) is 4.46. The van der Waals surface area contributed by atoms with Crippen LogP contribution in [0.4, 0.5) is 5.69 Å². The van der Waals surface area contributed by atoms with Gasteiger partial charge in [-0.3, -0.25) is 4.79 Å². The lowest BCUT2D eigenvalue weighted by Crippen LogP contribution is -2.26. The number of hydrogen-bond acceptors (Lipinski definition) is 5. The van der Waals surface area contributed by atoms with E-state index in [2.05, 4.69) is 0 Å². The van der Waals surface area contributed by atoms with Crippen molar-refractivity contribution < 1.29 is 17.9 Å². The van der Waals surface area contributed by atoms with Gasteiger partial charge in [-0.15, -0.1) is 0 Å². The predicted octanol–water partition coefficient (Wildman–Crippen LogP) is 1.38. The van der Waals surface area contributed by atoms with Crippen LogP contribution in [-0.2, 0) is 9.84 Å². The van der Waals surface area contributed by atoms with Gasteiger partial charge >= 0.3 is 0 Å². The standard InChI is InChI=1S/C13H19NO4S/c1-10(15)13-11(6-5-7-12(13)18-3)14(2)8-9-19(4,16)17/h5-7H,8-9H2,1-4H3. The number of carbonyl (C=O) groups excluding carboxylic acids is 1. The van der Waals surface area contributed by atoms with Crippen molar-refractivity contribution in [2.24, 2.45) is 0 Å². The van der Waals surface area contributed by atoms with Gasteiger partial charge in [0.1, 0.15) is 15.6 Å². The van der Waals surface area contributed by atoms with Crippen LogP contribution in [0.2, 0.25) is 0 Å². The largest absolute Gasteiger partial charge is 0.496 e. The highest BCUT2D eigenvalue weighted by atomic mass is 32.2. The number of rotatable bonds is 6. The zero-order chi connectivity index (χ0) is 14.6. The zero-order valence-corrected chi connectivity index (χ0v) is 12.5. The van der Waals surface area contributed by atoms with Crippen LogP contribution in [0.5, 0.6) is 5.75 Å². The molecule has 0 spiro atoms. The molecule has 0 aliphatic rings. The van der Waals surface area contributed by atoms with Gasteiger partial charge in [-0.05, 0) is 19.1 Å². The highest BCUT2D eigenvalue weighted by Crippen LogP contribution is 2.29. The van der Waals surface area contributed by atoms with Crippen LogP contribution in [0.3, 0.4) is 0 Å². The summed E-state index contributed by atoms with van der Waals surface area (Å²) in [6, 6.07) is 5.27. The quantitative estimate of drug-likeness (QED) is 0.739. The van der Waals surface area contributed by atoms with Gasteiger partial charge in [-0.1, -0.05) is 6.07 Å². The molecule has 0 aromatic heterocycles. The van der Waals surface area contributed by atoms with Crippen molar-refractivity contribution in [3.05, 3.63) is 23.8 Å². The predicted molar refractivity (Wildman–Crippen MR) is 76.0 cm³/mol. The van der Waals surface area contributed by atoms with Crippen LogP contribution in [0.15, 0.2) is 18.2 Å². The van der Waals surface area contributed by atoms with E-state index in [1.807, 2.05) is 0 Å². The molecule has 1 aromatic carbocycles. The van der Waals surface area contributed by atoms with E-state index < -0.39 is 9.84 Å². The maximum Gasteiger partial charge on any atom is 0.165 e. The Bertz CT molecular complexity index is 566. The fraction of sp³-hybridized carbons (Fsp3) is 0.462. The molecule has 0 atom stereocenters. The van der Waals surface area contributed by atoms with Crippen LogP contribution in [0.25, 0.3) is 0 Å². The number of ketones is 1. The summed E-state index contributed by atoms with van der Waals surface area (Å²) < 4.78 is 27.6. The summed E-state index contributed by atoms with van der Waals surface area (Å²) in [6.45, 7) is 1.79. The Kier molecular flexibility index (Phi) is 4.94. The van der Waals surface area contributed by atoms with Gasteiger partial charge in [-0.2, -0.15) is 0 Å². The molecule has 0 aliphatic heterocycles. The molecule has 1 rings (SSSR count). The molecule has 0 radical (unpaired) electrons. The third-order valence-electron chi connectivity index (χ3n) is 2.78. The van der Waals surface area contributed by atoms with Crippen LogP contribution in [-0.4, -0.2) is 46.9 Å². The van der Waals surface area contributed by atoms with Crippen LogP contribution < -0.4 is 9.64 Å². The first-order chi connectivity index (χ1) is 8.76.